The summed E-state index contributed by atoms with van der Waals surface area (Å²) in [5.41, 5.74) is 1.81. The summed E-state index contributed by atoms with van der Waals surface area (Å²) in [4.78, 5) is 16.9. The van der Waals surface area contributed by atoms with Crippen LogP contribution in [0.15, 0.2) is 60.0 Å². The van der Waals surface area contributed by atoms with E-state index in [0.29, 0.717) is 5.00 Å². The Morgan fingerprint density at radius 1 is 1.04 bits per heavy atom. The first-order chi connectivity index (χ1) is 11.7. The zero-order valence-electron chi connectivity index (χ0n) is 12.3. The highest BCUT2D eigenvalue weighted by Gasteiger charge is 2.16. The van der Waals surface area contributed by atoms with Crippen molar-refractivity contribution in [3.63, 3.8) is 0 Å². The summed E-state index contributed by atoms with van der Waals surface area (Å²) in [5.74, 6) is -0.994. The van der Waals surface area contributed by atoms with Gasteiger partial charge in [-0.05, 0) is 35.7 Å². The van der Waals surface area contributed by atoms with Crippen molar-refractivity contribution in [2.24, 2.45) is 0 Å². The molecule has 2 heterocycles. The number of hydrogen-bond donors (Lipinski definition) is 1. The van der Waals surface area contributed by atoms with Crippen molar-refractivity contribution in [2.75, 3.05) is 5.32 Å². The number of nitrogens with zero attached hydrogens (tertiary/aromatic N) is 1. The first-order valence-corrected chi connectivity index (χ1v) is 8.91. The molecule has 118 valence electrons. The summed E-state index contributed by atoms with van der Waals surface area (Å²) in [6.07, 6.45) is 0. The van der Waals surface area contributed by atoms with Crippen molar-refractivity contribution in [1.29, 1.82) is 0 Å². The smallest absolute Gasteiger partial charge is 0.259 e. The van der Waals surface area contributed by atoms with E-state index >= 15 is 0 Å². The molecule has 0 aliphatic heterocycles. The van der Waals surface area contributed by atoms with Gasteiger partial charge in [-0.1, -0.05) is 24.3 Å². The van der Waals surface area contributed by atoms with Crippen LogP contribution < -0.4 is 5.32 Å². The van der Waals surface area contributed by atoms with Crippen LogP contribution in [-0.2, 0) is 0 Å². The first kappa shape index (κ1) is 15.0. The van der Waals surface area contributed by atoms with Gasteiger partial charge >= 0.3 is 0 Å². The number of rotatable bonds is 3. The van der Waals surface area contributed by atoms with Gasteiger partial charge in [-0.25, -0.2) is 9.37 Å². The largest absolute Gasteiger partial charge is 0.313 e. The van der Waals surface area contributed by atoms with Gasteiger partial charge in [0.15, 0.2) is 0 Å². The van der Waals surface area contributed by atoms with Gasteiger partial charge in [0.1, 0.15) is 15.8 Å². The number of benzene rings is 2. The highest BCUT2D eigenvalue weighted by Crippen LogP contribution is 2.37. The minimum atomic E-state index is -0.534. The average Bonchev–Trinajstić information content (AvgIpc) is 3.21. The van der Waals surface area contributed by atoms with Gasteiger partial charge in [0.05, 0.1) is 15.8 Å². The minimum absolute atomic E-state index is 0.0288. The van der Waals surface area contributed by atoms with E-state index in [2.05, 4.69) is 10.3 Å². The van der Waals surface area contributed by atoms with Gasteiger partial charge in [-0.15, -0.1) is 22.7 Å². The maximum atomic E-state index is 13.8. The van der Waals surface area contributed by atoms with E-state index in [0.717, 1.165) is 20.8 Å². The quantitative estimate of drug-likeness (QED) is 0.534. The van der Waals surface area contributed by atoms with Crippen LogP contribution in [0.2, 0.25) is 0 Å². The third-order valence-electron chi connectivity index (χ3n) is 3.54. The van der Waals surface area contributed by atoms with Crippen LogP contribution in [-0.4, -0.2) is 10.9 Å². The second-order valence-electron chi connectivity index (χ2n) is 5.08. The summed E-state index contributed by atoms with van der Waals surface area (Å²) in [6, 6.07) is 15.7. The van der Waals surface area contributed by atoms with Gasteiger partial charge in [-0.2, -0.15) is 0 Å². The number of thiazole rings is 1. The highest BCUT2D eigenvalue weighted by molar-refractivity contribution is 7.22. The molecule has 0 spiro atoms. The topological polar surface area (TPSA) is 42.0 Å². The molecule has 24 heavy (non-hydrogen) atoms. The third kappa shape index (κ3) is 2.70. The molecule has 0 atom stereocenters. The predicted molar refractivity (Wildman–Crippen MR) is 97.3 cm³/mol. The molecule has 0 fully saturated rings. The fourth-order valence-electron chi connectivity index (χ4n) is 2.38. The Labute approximate surface area is 145 Å². The van der Waals surface area contributed by atoms with Crippen LogP contribution >= 0.6 is 22.7 Å². The molecule has 0 saturated heterocycles. The van der Waals surface area contributed by atoms with E-state index in [9.17, 15) is 9.18 Å². The van der Waals surface area contributed by atoms with Crippen LogP contribution in [0.1, 0.15) is 10.4 Å². The van der Waals surface area contributed by atoms with Crippen molar-refractivity contribution in [3.05, 3.63) is 71.4 Å². The molecule has 4 rings (SSSR count). The molecule has 2 aromatic carbocycles. The number of halogens is 1. The highest BCUT2D eigenvalue weighted by atomic mass is 32.1. The normalized spacial score (nSPS) is 10.9. The fourth-order valence-corrected chi connectivity index (χ4v) is 4.22. The Kier molecular flexibility index (Phi) is 3.84. The lowest BCUT2D eigenvalue weighted by atomic mass is 10.2. The molecule has 3 nitrogen and oxygen atoms in total. The van der Waals surface area contributed by atoms with Crippen LogP contribution in [0, 0.1) is 5.82 Å². The second-order valence-corrected chi connectivity index (χ2v) is 7.03. The summed E-state index contributed by atoms with van der Waals surface area (Å²) < 4.78 is 14.9. The fraction of sp³-hybridized carbons (Fsp3) is 0. The molecule has 4 aromatic rings. The first-order valence-electron chi connectivity index (χ1n) is 7.22. The number of nitrogens with one attached hydrogen (secondary N) is 1. The maximum Gasteiger partial charge on any atom is 0.259 e. The Balaban J connectivity index is 1.68. The zero-order valence-corrected chi connectivity index (χ0v) is 14.0. The Morgan fingerprint density at radius 3 is 2.67 bits per heavy atom. The summed E-state index contributed by atoms with van der Waals surface area (Å²) in [7, 11) is 0. The molecule has 0 radical (unpaired) electrons. The van der Waals surface area contributed by atoms with Crippen molar-refractivity contribution in [2.45, 2.75) is 0 Å². The van der Waals surface area contributed by atoms with Gasteiger partial charge in [0, 0.05) is 5.56 Å². The van der Waals surface area contributed by atoms with Crippen LogP contribution in [0.4, 0.5) is 9.39 Å². The van der Waals surface area contributed by atoms with E-state index in [-0.39, 0.29) is 5.56 Å². The van der Waals surface area contributed by atoms with Gasteiger partial charge < -0.3 is 5.32 Å². The Morgan fingerprint density at radius 2 is 1.83 bits per heavy atom. The summed E-state index contributed by atoms with van der Waals surface area (Å²) in [6.45, 7) is 0. The minimum Gasteiger partial charge on any atom is -0.313 e. The van der Waals surface area contributed by atoms with Gasteiger partial charge in [0.25, 0.3) is 5.91 Å². The molecule has 2 aromatic heterocycles. The lowest BCUT2D eigenvalue weighted by molar-refractivity contribution is 0.102. The number of hydrogen-bond acceptors (Lipinski definition) is 4. The van der Waals surface area contributed by atoms with Crippen molar-refractivity contribution >= 4 is 43.8 Å². The molecule has 6 heteroatoms. The van der Waals surface area contributed by atoms with Crippen molar-refractivity contribution in [1.82, 2.24) is 4.98 Å². The molecule has 1 amide bonds. The Hall–Kier alpha value is -2.57. The van der Waals surface area contributed by atoms with Crippen LogP contribution in [0.3, 0.4) is 0 Å². The number of carbonyl (C=O) groups is 1. The third-order valence-corrected chi connectivity index (χ3v) is 5.43. The lowest BCUT2D eigenvalue weighted by Crippen LogP contribution is -2.13. The number of thiophene rings is 1. The van der Waals surface area contributed by atoms with Crippen molar-refractivity contribution in [3.8, 4) is 10.6 Å². The summed E-state index contributed by atoms with van der Waals surface area (Å²) in [5, 5.41) is 6.19. The van der Waals surface area contributed by atoms with Crippen molar-refractivity contribution < 1.29 is 9.18 Å². The van der Waals surface area contributed by atoms with E-state index in [1.54, 1.807) is 23.5 Å². The standard InChI is InChI=1S/C18H11FN2OS2/c19-13-6-2-1-5-11(13)16(22)21-17-12(9-10-23-17)18-20-14-7-3-4-8-15(14)24-18/h1-10H,(H,21,22). The number of aromatic nitrogens is 1. The monoisotopic (exact) mass is 354 g/mol. The number of para-hydroxylation sites is 1. The zero-order chi connectivity index (χ0) is 16.5. The van der Waals surface area contributed by atoms with Gasteiger partial charge in [0.2, 0.25) is 0 Å². The second kappa shape index (κ2) is 6.14. The van der Waals surface area contributed by atoms with Crippen LogP contribution in [0.5, 0.6) is 0 Å². The number of amides is 1. The molecule has 0 saturated carbocycles. The van der Waals surface area contributed by atoms with E-state index in [4.69, 9.17) is 0 Å². The van der Waals surface area contributed by atoms with E-state index < -0.39 is 11.7 Å². The number of anilines is 1. The molecular formula is C18H11FN2OS2. The number of fused-ring (bicyclic) bond motifs is 1. The van der Waals surface area contributed by atoms with Crippen LogP contribution in [0.25, 0.3) is 20.8 Å². The summed E-state index contributed by atoms with van der Waals surface area (Å²) >= 11 is 2.96. The Bertz CT molecular complexity index is 1010. The molecule has 0 unspecified atom stereocenters. The predicted octanol–water partition coefficient (Wildman–Crippen LogP) is 5.42. The SMILES string of the molecule is O=C(Nc1sccc1-c1nc2ccccc2s1)c1ccccc1F. The maximum absolute atomic E-state index is 13.8. The number of carbonyl (C=O) groups excluding carboxylic acids is 1. The molecule has 0 aliphatic carbocycles. The van der Waals surface area contributed by atoms with E-state index in [1.165, 1.54) is 23.5 Å². The average molecular weight is 354 g/mol. The molecule has 0 aliphatic rings. The molecule has 1 N–H and O–H groups in total. The molecule has 0 bridgehead atoms. The van der Waals surface area contributed by atoms with E-state index in [1.807, 2.05) is 35.7 Å². The lowest BCUT2D eigenvalue weighted by Gasteiger charge is -2.05. The van der Waals surface area contributed by atoms with Gasteiger partial charge in [-0.3, -0.25) is 4.79 Å². The molecular weight excluding hydrogens is 343 g/mol.